The van der Waals surface area contributed by atoms with Gasteiger partial charge >= 0.3 is 0 Å². The van der Waals surface area contributed by atoms with Crippen LogP contribution in [0.4, 0.5) is 5.69 Å². The van der Waals surface area contributed by atoms with Gasteiger partial charge in [-0.15, -0.1) is 5.10 Å². The number of piperazine rings is 1. The number of aromatic nitrogens is 4. The Morgan fingerprint density at radius 2 is 1.57 bits per heavy atom. The highest BCUT2D eigenvalue weighted by Gasteiger charge is 2.34. The van der Waals surface area contributed by atoms with Crippen LogP contribution in [0.3, 0.4) is 0 Å². The number of nitrogens with zero attached hydrogens (tertiary/aromatic N) is 6. The minimum atomic E-state index is -0.217. The van der Waals surface area contributed by atoms with E-state index < -0.39 is 0 Å². The zero-order chi connectivity index (χ0) is 21.1. The van der Waals surface area contributed by atoms with Crippen LogP contribution in [0.25, 0.3) is 0 Å². The molecule has 158 valence electrons. The first-order valence-electron chi connectivity index (χ1n) is 10.4. The lowest BCUT2D eigenvalue weighted by Gasteiger charge is -2.40. The van der Waals surface area contributed by atoms with Crippen molar-refractivity contribution < 1.29 is 4.74 Å². The molecular weight excluding hydrogens is 376 g/mol. The van der Waals surface area contributed by atoms with Crippen LogP contribution in [-0.2, 0) is 5.54 Å². The van der Waals surface area contributed by atoms with Crippen LogP contribution in [0.15, 0.2) is 54.6 Å². The van der Waals surface area contributed by atoms with Crippen LogP contribution in [0.1, 0.15) is 38.2 Å². The molecule has 2 aromatic carbocycles. The monoisotopic (exact) mass is 406 g/mol. The average molecular weight is 407 g/mol. The standard InChI is InChI=1S/C23H30N6O/c1-23(2,3)29-22(24-25-26-29)21(19-12-8-9-13-20(19)30-4)28-16-14-27(15-17-28)18-10-6-5-7-11-18/h5-13,21H,14-17H2,1-4H3/t21-/m1/s1. The molecule has 0 radical (unpaired) electrons. The molecule has 0 amide bonds. The summed E-state index contributed by atoms with van der Waals surface area (Å²) in [6.07, 6.45) is 0. The highest BCUT2D eigenvalue weighted by molar-refractivity contribution is 5.46. The van der Waals surface area contributed by atoms with Gasteiger partial charge in [0.05, 0.1) is 12.6 Å². The molecule has 0 saturated carbocycles. The lowest BCUT2D eigenvalue weighted by atomic mass is 10.0. The SMILES string of the molecule is COc1ccccc1[C@H](c1nnnn1C(C)(C)C)N1CCN(c2ccccc2)CC1. The van der Waals surface area contributed by atoms with Gasteiger partial charge in [-0.1, -0.05) is 36.4 Å². The second-order valence-electron chi connectivity index (χ2n) is 8.62. The van der Waals surface area contributed by atoms with Gasteiger partial charge in [-0.05, 0) is 49.4 Å². The van der Waals surface area contributed by atoms with Gasteiger partial charge in [-0.2, -0.15) is 0 Å². The van der Waals surface area contributed by atoms with Crippen molar-refractivity contribution in [3.05, 3.63) is 66.0 Å². The largest absolute Gasteiger partial charge is 0.496 e. The van der Waals surface area contributed by atoms with E-state index in [0.29, 0.717) is 0 Å². The highest BCUT2D eigenvalue weighted by atomic mass is 16.5. The van der Waals surface area contributed by atoms with Crippen molar-refractivity contribution in [1.82, 2.24) is 25.1 Å². The summed E-state index contributed by atoms with van der Waals surface area (Å²) in [6.45, 7) is 10.1. The summed E-state index contributed by atoms with van der Waals surface area (Å²) in [5.41, 5.74) is 2.14. The maximum Gasteiger partial charge on any atom is 0.173 e. The molecule has 0 aliphatic carbocycles. The van der Waals surface area contributed by atoms with E-state index in [0.717, 1.165) is 43.3 Å². The molecule has 4 rings (SSSR count). The molecule has 1 atom stereocenters. The van der Waals surface area contributed by atoms with E-state index in [1.165, 1.54) is 5.69 Å². The fraction of sp³-hybridized carbons (Fsp3) is 0.435. The van der Waals surface area contributed by atoms with Crippen molar-refractivity contribution in [2.75, 3.05) is 38.2 Å². The number of hydrogen-bond acceptors (Lipinski definition) is 6. The van der Waals surface area contributed by atoms with Gasteiger partial charge in [0.25, 0.3) is 0 Å². The zero-order valence-electron chi connectivity index (χ0n) is 18.2. The lowest BCUT2D eigenvalue weighted by Crippen LogP contribution is -2.48. The maximum atomic E-state index is 5.72. The summed E-state index contributed by atoms with van der Waals surface area (Å²) < 4.78 is 7.65. The molecular formula is C23H30N6O. The van der Waals surface area contributed by atoms with Gasteiger partial charge in [0.1, 0.15) is 11.8 Å². The Morgan fingerprint density at radius 1 is 0.900 bits per heavy atom. The van der Waals surface area contributed by atoms with Crippen LogP contribution in [0.5, 0.6) is 5.75 Å². The first kappa shape index (κ1) is 20.3. The summed E-state index contributed by atoms with van der Waals surface area (Å²) >= 11 is 0. The molecule has 2 heterocycles. The minimum absolute atomic E-state index is 0.0756. The summed E-state index contributed by atoms with van der Waals surface area (Å²) in [6, 6.07) is 18.7. The van der Waals surface area contributed by atoms with E-state index in [-0.39, 0.29) is 11.6 Å². The third kappa shape index (κ3) is 4.03. The van der Waals surface area contributed by atoms with Crippen molar-refractivity contribution in [3.63, 3.8) is 0 Å². The maximum absolute atomic E-state index is 5.72. The third-order valence-electron chi connectivity index (χ3n) is 5.61. The third-order valence-corrected chi connectivity index (χ3v) is 5.61. The Hall–Kier alpha value is -2.93. The topological polar surface area (TPSA) is 59.3 Å². The van der Waals surface area contributed by atoms with Crippen molar-refractivity contribution >= 4 is 5.69 Å². The second kappa shape index (κ2) is 8.44. The molecule has 0 spiro atoms. The number of rotatable bonds is 5. The molecule has 0 N–H and O–H groups in total. The van der Waals surface area contributed by atoms with Gasteiger partial charge in [0.2, 0.25) is 0 Å². The van der Waals surface area contributed by atoms with E-state index in [9.17, 15) is 0 Å². The van der Waals surface area contributed by atoms with Crippen molar-refractivity contribution in [2.45, 2.75) is 32.4 Å². The molecule has 1 fully saturated rings. The van der Waals surface area contributed by atoms with Gasteiger partial charge in [-0.3, -0.25) is 4.90 Å². The molecule has 1 saturated heterocycles. The van der Waals surface area contributed by atoms with Crippen LogP contribution in [0, 0.1) is 0 Å². The number of benzene rings is 2. The van der Waals surface area contributed by atoms with Crippen molar-refractivity contribution in [3.8, 4) is 5.75 Å². The van der Waals surface area contributed by atoms with E-state index >= 15 is 0 Å². The quantitative estimate of drug-likeness (QED) is 0.648. The predicted molar refractivity (Wildman–Crippen MR) is 118 cm³/mol. The molecule has 1 aliphatic heterocycles. The van der Waals surface area contributed by atoms with Crippen molar-refractivity contribution in [1.29, 1.82) is 0 Å². The number of methoxy groups -OCH3 is 1. The minimum Gasteiger partial charge on any atom is -0.496 e. The fourth-order valence-corrected chi connectivity index (χ4v) is 4.11. The van der Waals surface area contributed by atoms with Crippen LogP contribution in [-0.4, -0.2) is 58.4 Å². The number of tetrazole rings is 1. The molecule has 30 heavy (non-hydrogen) atoms. The number of ether oxygens (including phenoxy) is 1. The first-order valence-corrected chi connectivity index (χ1v) is 10.4. The van der Waals surface area contributed by atoms with E-state index in [2.05, 4.69) is 88.6 Å². The summed E-state index contributed by atoms with van der Waals surface area (Å²) in [5, 5.41) is 12.8. The molecule has 7 heteroatoms. The van der Waals surface area contributed by atoms with Crippen LogP contribution in [0.2, 0.25) is 0 Å². The van der Waals surface area contributed by atoms with E-state index in [1.54, 1.807) is 7.11 Å². The molecule has 1 aliphatic rings. The summed E-state index contributed by atoms with van der Waals surface area (Å²) in [5.74, 6) is 1.71. The second-order valence-corrected chi connectivity index (χ2v) is 8.62. The predicted octanol–water partition coefficient (Wildman–Crippen LogP) is 3.35. The highest BCUT2D eigenvalue weighted by Crippen LogP contribution is 2.35. The zero-order valence-corrected chi connectivity index (χ0v) is 18.2. The fourth-order valence-electron chi connectivity index (χ4n) is 4.11. The Bertz CT molecular complexity index is 957. The molecule has 3 aromatic rings. The van der Waals surface area contributed by atoms with Gasteiger partial charge < -0.3 is 9.64 Å². The lowest BCUT2D eigenvalue weighted by molar-refractivity contribution is 0.188. The molecule has 0 unspecified atom stereocenters. The van der Waals surface area contributed by atoms with Crippen LogP contribution < -0.4 is 9.64 Å². The van der Waals surface area contributed by atoms with Gasteiger partial charge in [0.15, 0.2) is 5.82 Å². The smallest absolute Gasteiger partial charge is 0.173 e. The van der Waals surface area contributed by atoms with Crippen molar-refractivity contribution in [2.24, 2.45) is 0 Å². The van der Waals surface area contributed by atoms with E-state index in [4.69, 9.17) is 4.74 Å². The molecule has 1 aromatic heterocycles. The van der Waals surface area contributed by atoms with E-state index in [1.807, 2.05) is 16.8 Å². The van der Waals surface area contributed by atoms with Gasteiger partial charge in [0, 0.05) is 37.4 Å². The Labute approximate surface area is 178 Å². The number of para-hydroxylation sites is 2. The normalized spacial score (nSPS) is 16.5. The van der Waals surface area contributed by atoms with Crippen LogP contribution >= 0.6 is 0 Å². The average Bonchev–Trinajstić information content (AvgIpc) is 3.25. The summed E-state index contributed by atoms with van der Waals surface area (Å²) in [4.78, 5) is 4.90. The number of hydrogen-bond donors (Lipinski definition) is 0. The first-order chi connectivity index (χ1) is 14.5. The molecule has 7 nitrogen and oxygen atoms in total. The number of anilines is 1. The molecule has 0 bridgehead atoms. The Kier molecular flexibility index (Phi) is 5.72. The Balaban J connectivity index is 1.68. The summed E-state index contributed by atoms with van der Waals surface area (Å²) in [7, 11) is 1.72. The van der Waals surface area contributed by atoms with Gasteiger partial charge in [-0.25, -0.2) is 4.68 Å². The Morgan fingerprint density at radius 3 is 2.23 bits per heavy atom.